The lowest BCUT2D eigenvalue weighted by atomic mass is 10.1. The average molecular weight is 250 g/mol. The van der Waals surface area contributed by atoms with Gasteiger partial charge in [-0.05, 0) is 24.1 Å². The minimum absolute atomic E-state index is 0.759. The third-order valence-corrected chi connectivity index (χ3v) is 3.18. The predicted octanol–water partition coefficient (Wildman–Crippen LogP) is 2.67. The van der Waals surface area contributed by atoms with E-state index >= 15 is 0 Å². The maximum absolute atomic E-state index is 6.07. The summed E-state index contributed by atoms with van der Waals surface area (Å²) in [5.74, 6) is 1.03. The minimum Gasteiger partial charge on any atom is -0.337 e. The summed E-state index contributed by atoms with van der Waals surface area (Å²) in [7, 11) is 1.99. The van der Waals surface area contributed by atoms with E-state index in [1.54, 1.807) is 6.20 Å². The molecule has 0 saturated heterocycles. The van der Waals surface area contributed by atoms with Crippen molar-refractivity contribution >= 4 is 11.6 Å². The van der Waals surface area contributed by atoms with E-state index < -0.39 is 0 Å². The Morgan fingerprint density at radius 2 is 2.18 bits per heavy atom. The van der Waals surface area contributed by atoms with Crippen LogP contribution in [0.4, 0.5) is 0 Å². The molecule has 0 unspecified atom stereocenters. The van der Waals surface area contributed by atoms with Crippen molar-refractivity contribution in [2.45, 2.75) is 20.0 Å². The van der Waals surface area contributed by atoms with Crippen molar-refractivity contribution in [2.24, 2.45) is 7.05 Å². The lowest BCUT2D eigenvalue weighted by Gasteiger charge is -2.06. The van der Waals surface area contributed by atoms with Crippen LogP contribution in [0.3, 0.4) is 0 Å². The highest BCUT2D eigenvalue weighted by Crippen LogP contribution is 2.16. The van der Waals surface area contributed by atoms with E-state index in [4.69, 9.17) is 11.6 Å². The highest BCUT2D eigenvalue weighted by atomic mass is 35.5. The van der Waals surface area contributed by atoms with Crippen molar-refractivity contribution in [1.82, 2.24) is 14.9 Å². The molecule has 0 aliphatic rings. The lowest BCUT2D eigenvalue weighted by molar-refractivity contribution is 0.639. The Labute approximate surface area is 106 Å². The number of rotatable bonds is 4. The van der Waals surface area contributed by atoms with Gasteiger partial charge in [-0.15, -0.1) is 0 Å². The van der Waals surface area contributed by atoms with Crippen LogP contribution in [0, 0.1) is 6.92 Å². The summed E-state index contributed by atoms with van der Waals surface area (Å²) >= 11 is 6.07. The molecule has 4 heteroatoms. The monoisotopic (exact) mass is 249 g/mol. The minimum atomic E-state index is 0.759. The van der Waals surface area contributed by atoms with Gasteiger partial charge in [-0.25, -0.2) is 4.98 Å². The molecule has 2 aromatic rings. The molecule has 0 saturated carbocycles. The molecule has 1 aromatic heterocycles. The number of nitrogens with zero attached hydrogens (tertiary/aromatic N) is 2. The van der Waals surface area contributed by atoms with Crippen LogP contribution < -0.4 is 5.32 Å². The van der Waals surface area contributed by atoms with Gasteiger partial charge in [0.05, 0.1) is 6.54 Å². The predicted molar refractivity (Wildman–Crippen MR) is 69.9 cm³/mol. The zero-order chi connectivity index (χ0) is 12.3. The highest BCUT2D eigenvalue weighted by Gasteiger charge is 2.00. The number of aryl methyl sites for hydroxylation is 2. The molecule has 1 heterocycles. The second kappa shape index (κ2) is 5.34. The molecule has 0 radical (unpaired) electrons. The summed E-state index contributed by atoms with van der Waals surface area (Å²) in [4.78, 5) is 4.25. The van der Waals surface area contributed by atoms with Crippen molar-refractivity contribution in [3.63, 3.8) is 0 Å². The van der Waals surface area contributed by atoms with E-state index in [0.29, 0.717) is 0 Å². The fraction of sp³-hybridized carbons (Fsp3) is 0.308. The van der Waals surface area contributed by atoms with Gasteiger partial charge in [-0.1, -0.05) is 23.7 Å². The zero-order valence-corrected chi connectivity index (χ0v) is 10.8. The standard InChI is InChI=1S/C13H16ClN3/c1-10-3-4-11(7-12(10)14)8-15-9-13-16-5-6-17(13)2/h3-7,15H,8-9H2,1-2H3. The van der Waals surface area contributed by atoms with Gasteiger partial charge >= 0.3 is 0 Å². The Kier molecular flexibility index (Phi) is 3.82. The lowest BCUT2D eigenvalue weighted by Crippen LogP contribution is -2.15. The number of imidazole rings is 1. The Balaban J connectivity index is 1.90. The van der Waals surface area contributed by atoms with Gasteiger partial charge in [-0.2, -0.15) is 0 Å². The number of aromatic nitrogens is 2. The Morgan fingerprint density at radius 1 is 1.35 bits per heavy atom. The molecule has 17 heavy (non-hydrogen) atoms. The van der Waals surface area contributed by atoms with Crippen molar-refractivity contribution in [2.75, 3.05) is 0 Å². The SMILES string of the molecule is Cc1ccc(CNCc2nccn2C)cc1Cl. The van der Waals surface area contributed by atoms with Gasteiger partial charge in [0.1, 0.15) is 5.82 Å². The first-order valence-electron chi connectivity index (χ1n) is 5.59. The molecule has 2 rings (SSSR count). The molecule has 0 spiro atoms. The van der Waals surface area contributed by atoms with Crippen LogP contribution in [0.1, 0.15) is 17.0 Å². The summed E-state index contributed by atoms with van der Waals surface area (Å²) < 4.78 is 2.01. The van der Waals surface area contributed by atoms with E-state index in [0.717, 1.165) is 29.5 Å². The Hall–Kier alpha value is -1.32. The van der Waals surface area contributed by atoms with Crippen LogP contribution in [0.25, 0.3) is 0 Å². The fourth-order valence-corrected chi connectivity index (χ4v) is 1.83. The van der Waals surface area contributed by atoms with Crippen molar-refractivity contribution < 1.29 is 0 Å². The van der Waals surface area contributed by atoms with Gasteiger partial charge in [0.25, 0.3) is 0 Å². The van der Waals surface area contributed by atoms with Gasteiger partial charge in [-0.3, -0.25) is 0 Å². The molecular formula is C13H16ClN3. The van der Waals surface area contributed by atoms with E-state index in [1.165, 1.54) is 5.56 Å². The Morgan fingerprint density at radius 3 is 2.82 bits per heavy atom. The first-order chi connectivity index (χ1) is 8.16. The van der Waals surface area contributed by atoms with Gasteiger partial charge < -0.3 is 9.88 Å². The van der Waals surface area contributed by atoms with Gasteiger partial charge in [0, 0.05) is 31.0 Å². The number of nitrogens with one attached hydrogen (secondary N) is 1. The molecule has 0 atom stereocenters. The van der Waals surface area contributed by atoms with Gasteiger partial charge in [0.15, 0.2) is 0 Å². The van der Waals surface area contributed by atoms with E-state index in [9.17, 15) is 0 Å². The van der Waals surface area contributed by atoms with Crippen LogP contribution in [0.5, 0.6) is 0 Å². The molecule has 1 N–H and O–H groups in total. The summed E-state index contributed by atoms with van der Waals surface area (Å²) in [6, 6.07) is 6.13. The van der Waals surface area contributed by atoms with Crippen molar-refractivity contribution in [1.29, 1.82) is 0 Å². The van der Waals surface area contributed by atoms with Crippen LogP contribution in [0.15, 0.2) is 30.6 Å². The second-order valence-corrected chi connectivity index (χ2v) is 4.55. The van der Waals surface area contributed by atoms with Crippen LogP contribution in [0.2, 0.25) is 5.02 Å². The number of halogens is 1. The molecule has 0 fully saturated rings. The second-order valence-electron chi connectivity index (χ2n) is 4.14. The molecule has 0 aliphatic carbocycles. The summed E-state index contributed by atoms with van der Waals surface area (Å²) in [5, 5.41) is 4.17. The maximum Gasteiger partial charge on any atom is 0.122 e. The smallest absolute Gasteiger partial charge is 0.122 e. The highest BCUT2D eigenvalue weighted by molar-refractivity contribution is 6.31. The number of hydrogen-bond acceptors (Lipinski definition) is 2. The molecule has 90 valence electrons. The largest absolute Gasteiger partial charge is 0.337 e. The normalized spacial score (nSPS) is 10.8. The van der Waals surface area contributed by atoms with Crippen LogP contribution >= 0.6 is 11.6 Å². The topological polar surface area (TPSA) is 29.9 Å². The first-order valence-corrected chi connectivity index (χ1v) is 5.96. The summed E-state index contributed by atoms with van der Waals surface area (Å²) in [6.45, 7) is 3.56. The third-order valence-electron chi connectivity index (χ3n) is 2.77. The van der Waals surface area contributed by atoms with E-state index in [1.807, 2.05) is 36.9 Å². The van der Waals surface area contributed by atoms with Crippen LogP contribution in [-0.2, 0) is 20.1 Å². The van der Waals surface area contributed by atoms with Crippen molar-refractivity contribution in [3.05, 3.63) is 52.6 Å². The fourth-order valence-electron chi connectivity index (χ4n) is 1.63. The number of hydrogen-bond donors (Lipinski definition) is 1. The number of benzene rings is 1. The zero-order valence-electron chi connectivity index (χ0n) is 10.1. The van der Waals surface area contributed by atoms with Gasteiger partial charge in [0.2, 0.25) is 0 Å². The van der Waals surface area contributed by atoms with E-state index in [2.05, 4.69) is 16.4 Å². The molecule has 3 nitrogen and oxygen atoms in total. The maximum atomic E-state index is 6.07. The molecule has 1 aromatic carbocycles. The Bertz CT molecular complexity index is 505. The van der Waals surface area contributed by atoms with Crippen LogP contribution in [-0.4, -0.2) is 9.55 Å². The molecular weight excluding hydrogens is 234 g/mol. The molecule has 0 amide bonds. The summed E-state index contributed by atoms with van der Waals surface area (Å²) in [6.07, 6.45) is 3.75. The average Bonchev–Trinajstić information content (AvgIpc) is 2.70. The summed E-state index contributed by atoms with van der Waals surface area (Å²) in [5.41, 5.74) is 2.30. The third kappa shape index (κ3) is 3.08. The quantitative estimate of drug-likeness (QED) is 0.903. The molecule has 0 bridgehead atoms. The van der Waals surface area contributed by atoms with Crippen molar-refractivity contribution in [3.8, 4) is 0 Å². The van der Waals surface area contributed by atoms with E-state index in [-0.39, 0.29) is 0 Å². The molecule has 0 aliphatic heterocycles. The first kappa shape index (κ1) is 12.1.